The van der Waals surface area contributed by atoms with Crippen molar-refractivity contribution in [3.05, 3.63) is 48.0 Å². The number of piperidine rings is 1. The topological polar surface area (TPSA) is 121 Å². The summed E-state index contributed by atoms with van der Waals surface area (Å²) in [4.78, 5) is 21.5. The number of aromatic nitrogens is 2. The Balaban J connectivity index is 1.77. The van der Waals surface area contributed by atoms with Gasteiger partial charge in [0.2, 0.25) is 10.0 Å². The largest absolute Gasteiger partial charge is 0.347 e. The molecular formula is C17H23N5O3S. The Labute approximate surface area is 152 Å². The van der Waals surface area contributed by atoms with Gasteiger partial charge >= 0.3 is 0 Å². The van der Waals surface area contributed by atoms with E-state index >= 15 is 0 Å². The highest BCUT2D eigenvalue weighted by molar-refractivity contribution is 7.89. The van der Waals surface area contributed by atoms with Crippen LogP contribution in [0.25, 0.3) is 0 Å². The number of amides is 1. The lowest BCUT2D eigenvalue weighted by molar-refractivity contribution is 0.0623. The number of nitrogens with one attached hydrogen (secondary N) is 2. The number of nitrogens with two attached hydrogens (primary N) is 1. The number of carbonyl (C=O) groups is 1. The Hall–Kier alpha value is -2.23. The molecule has 1 aromatic carbocycles. The summed E-state index contributed by atoms with van der Waals surface area (Å²) < 4.78 is 27.5. The normalized spacial score (nSPS) is 18.0. The third-order valence-corrected chi connectivity index (χ3v) is 5.93. The van der Waals surface area contributed by atoms with E-state index in [9.17, 15) is 13.2 Å². The summed E-state index contributed by atoms with van der Waals surface area (Å²) in [6, 6.07) is 6.10. The van der Waals surface area contributed by atoms with Crippen LogP contribution in [0, 0.1) is 0 Å². The minimum absolute atomic E-state index is 0.00795. The number of carbonyl (C=O) groups excluding carboxylic acids is 1. The summed E-state index contributed by atoms with van der Waals surface area (Å²) >= 11 is 0. The average molecular weight is 377 g/mol. The Morgan fingerprint density at radius 3 is 2.96 bits per heavy atom. The lowest BCUT2D eigenvalue weighted by Crippen LogP contribution is -2.47. The third-order valence-electron chi connectivity index (χ3n) is 4.54. The van der Waals surface area contributed by atoms with Crippen LogP contribution in [0.15, 0.2) is 41.6 Å². The van der Waals surface area contributed by atoms with Gasteiger partial charge in [-0.05, 0) is 37.5 Å². The van der Waals surface area contributed by atoms with E-state index in [1.54, 1.807) is 29.4 Å². The first kappa shape index (κ1) is 18.6. The quantitative estimate of drug-likeness (QED) is 0.689. The van der Waals surface area contributed by atoms with Crippen LogP contribution in [0.4, 0.5) is 0 Å². The van der Waals surface area contributed by atoms with E-state index in [1.807, 2.05) is 0 Å². The zero-order valence-corrected chi connectivity index (χ0v) is 15.2. The number of aromatic amines is 1. The molecule has 1 aromatic heterocycles. The molecule has 0 aliphatic carbocycles. The predicted molar refractivity (Wildman–Crippen MR) is 96.8 cm³/mol. The standard InChI is InChI=1S/C17H23N5O3S/c18-11-14-5-1-2-9-22(14)17(23)13-4-3-6-15(10-13)26(24,25)21-12-16-19-7-8-20-16/h3-4,6-8,10,14,21H,1-2,5,9,11-12,18H2,(H,19,20)/t14-/m1/s1. The molecule has 26 heavy (non-hydrogen) atoms. The number of H-pyrrole nitrogens is 1. The average Bonchev–Trinajstić information content (AvgIpc) is 3.20. The summed E-state index contributed by atoms with van der Waals surface area (Å²) in [5, 5.41) is 0. The fourth-order valence-corrected chi connectivity index (χ4v) is 4.15. The zero-order chi connectivity index (χ0) is 18.6. The number of benzene rings is 1. The van der Waals surface area contributed by atoms with Crippen molar-refractivity contribution in [2.75, 3.05) is 13.1 Å². The van der Waals surface area contributed by atoms with Gasteiger partial charge in [-0.25, -0.2) is 18.1 Å². The van der Waals surface area contributed by atoms with Gasteiger partial charge in [0.15, 0.2) is 0 Å². The van der Waals surface area contributed by atoms with E-state index in [4.69, 9.17) is 5.73 Å². The molecule has 9 heteroatoms. The zero-order valence-electron chi connectivity index (χ0n) is 14.4. The van der Waals surface area contributed by atoms with Gasteiger partial charge in [-0.2, -0.15) is 0 Å². The Bertz CT molecular complexity index is 851. The number of likely N-dealkylation sites (tertiary alicyclic amines) is 1. The Morgan fingerprint density at radius 2 is 2.23 bits per heavy atom. The molecule has 1 aliphatic heterocycles. The Morgan fingerprint density at radius 1 is 1.38 bits per heavy atom. The maximum Gasteiger partial charge on any atom is 0.254 e. The van der Waals surface area contributed by atoms with Gasteiger partial charge in [-0.3, -0.25) is 4.79 Å². The number of nitrogens with zero attached hydrogens (tertiary/aromatic N) is 2. The van der Waals surface area contributed by atoms with E-state index in [1.165, 1.54) is 12.1 Å². The molecule has 8 nitrogen and oxygen atoms in total. The molecule has 1 fully saturated rings. The second-order valence-electron chi connectivity index (χ2n) is 6.27. The molecule has 2 aromatic rings. The number of hydrogen-bond donors (Lipinski definition) is 3. The van der Waals surface area contributed by atoms with E-state index in [-0.39, 0.29) is 23.4 Å². The van der Waals surface area contributed by atoms with Crippen molar-refractivity contribution in [2.45, 2.75) is 36.7 Å². The van der Waals surface area contributed by atoms with Crippen molar-refractivity contribution in [1.82, 2.24) is 19.6 Å². The molecular weight excluding hydrogens is 354 g/mol. The summed E-state index contributed by atoms with van der Waals surface area (Å²) in [5.74, 6) is 0.336. The number of rotatable bonds is 6. The van der Waals surface area contributed by atoms with E-state index < -0.39 is 10.0 Å². The van der Waals surface area contributed by atoms with Gasteiger partial charge < -0.3 is 15.6 Å². The van der Waals surface area contributed by atoms with E-state index in [2.05, 4.69) is 14.7 Å². The third kappa shape index (κ3) is 4.12. The Kier molecular flexibility index (Phi) is 5.70. The first-order valence-electron chi connectivity index (χ1n) is 8.60. The molecule has 3 rings (SSSR count). The van der Waals surface area contributed by atoms with Crippen molar-refractivity contribution in [3.63, 3.8) is 0 Å². The van der Waals surface area contributed by atoms with Crippen LogP contribution >= 0.6 is 0 Å². The molecule has 0 radical (unpaired) electrons. The van der Waals surface area contributed by atoms with Crippen LogP contribution in [-0.2, 0) is 16.6 Å². The fraction of sp³-hybridized carbons (Fsp3) is 0.412. The highest BCUT2D eigenvalue weighted by Crippen LogP contribution is 2.20. The molecule has 1 amide bonds. The minimum atomic E-state index is -3.75. The van der Waals surface area contributed by atoms with Crippen LogP contribution < -0.4 is 10.5 Å². The lowest BCUT2D eigenvalue weighted by atomic mass is 10.0. The summed E-state index contributed by atoms with van der Waals surface area (Å²) in [6.07, 6.45) is 6.04. The van der Waals surface area contributed by atoms with Crippen molar-refractivity contribution in [1.29, 1.82) is 0 Å². The molecule has 1 aliphatic rings. The molecule has 0 spiro atoms. The lowest BCUT2D eigenvalue weighted by Gasteiger charge is -2.35. The smallest absolute Gasteiger partial charge is 0.254 e. The van der Waals surface area contributed by atoms with Crippen molar-refractivity contribution < 1.29 is 13.2 Å². The molecule has 1 atom stereocenters. The molecule has 1 saturated heterocycles. The SMILES string of the molecule is NC[C@H]1CCCCN1C(=O)c1cccc(S(=O)(=O)NCc2ncc[nH]2)c1. The van der Waals surface area contributed by atoms with Crippen LogP contribution in [0.2, 0.25) is 0 Å². The summed E-state index contributed by atoms with van der Waals surface area (Å²) in [7, 11) is -3.75. The fourth-order valence-electron chi connectivity index (χ4n) is 3.12. The van der Waals surface area contributed by atoms with Crippen LogP contribution in [-0.4, -0.2) is 48.3 Å². The van der Waals surface area contributed by atoms with E-state index in [0.717, 1.165) is 19.3 Å². The number of hydrogen-bond acceptors (Lipinski definition) is 5. The summed E-state index contributed by atoms with van der Waals surface area (Å²) in [5.41, 5.74) is 6.14. The highest BCUT2D eigenvalue weighted by Gasteiger charge is 2.27. The molecule has 0 saturated carbocycles. The first-order valence-corrected chi connectivity index (χ1v) is 10.1. The molecule has 4 N–H and O–H groups in total. The maximum absolute atomic E-state index is 12.8. The van der Waals surface area contributed by atoms with Gasteiger partial charge in [-0.1, -0.05) is 6.07 Å². The van der Waals surface area contributed by atoms with Crippen LogP contribution in [0.5, 0.6) is 0 Å². The second kappa shape index (κ2) is 7.98. The van der Waals surface area contributed by atoms with Gasteiger partial charge in [0.25, 0.3) is 5.91 Å². The predicted octanol–water partition coefficient (Wildman–Crippen LogP) is 0.842. The van der Waals surface area contributed by atoms with Gasteiger partial charge in [0, 0.05) is 37.1 Å². The second-order valence-corrected chi connectivity index (χ2v) is 8.04. The van der Waals surface area contributed by atoms with Crippen molar-refractivity contribution in [3.8, 4) is 0 Å². The van der Waals surface area contributed by atoms with Crippen LogP contribution in [0.1, 0.15) is 35.4 Å². The number of sulfonamides is 1. The number of imidazole rings is 1. The first-order chi connectivity index (χ1) is 12.5. The van der Waals surface area contributed by atoms with Crippen molar-refractivity contribution in [2.24, 2.45) is 5.73 Å². The minimum Gasteiger partial charge on any atom is -0.347 e. The van der Waals surface area contributed by atoms with Crippen molar-refractivity contribution >= 4 is 15.9 Å². The molecule has 0 unspecified atom stereocenters. The highest BCUT2D eigenvalue weighted by atomic mass is 32.2. The van der Waals surface area contributed by atoms with E-state index in [0.29, 0.717) is 24.5 Å². The van der Waals surface area contributed by atoms with Gasteiger partial charge in [0.1, 0.15) is 5.82 Å². The van der Waals surface area contributed by atoms with Crippen LogP contribution in [0.3, 0.4) is 0 Å². The molecule has 140 valence electrons. The maximum atomic E-state index is 12.8. The van der Waals surface area contributed by atoms with Gasteiger partial charge in [0.05, 0.1) is 11.4 Å². The molecule has 2 heterocycles. The van der Waals surface area contributed by atoms with Gasteiger partial charge in [-0.15, -0.1) is 0 Å². The monoisotopic (exact) mass is 377 g/mol. The summed E-state index contributed by atoms with van der Waals surface area (Å²) in [6.45, 7) is 1.11. The molecule has 0 bridgehead atoms.